The van der Waals surface area contributed by atoms with Crippen LogP contribution in [0.25, 0.3) is 10.1 Å². The Labute approximate surface area is 146 Å². The molecule has 5 nitrogen and oxygen atoms in total. The third-order valence-corrected chi connectivity index (χ3v) is 7.66. The van der Waals surface area contributed by atoms with Crippen LogP contribution in [0.3, 0.4) is 0 Å². The molecule has 24 heavy (non-hydrogen) atoms. The first-order valence-electron chi connectivity index (χ1n) is 8.14. The van der Waals surface area contributed by atoms with E-state index < -0.39 is 16.0 Å². The zero-order valence-corrected chi connectivity index (χ0v) is 15.2. The van der Waals surface area contributed by atoms with Crippen molar-refractivity contribution in [1.82, 2.24) is 4.31 Å². The van der Waals surface area contributed by atoms with Gasteiger partial charge in [-0.2, -0.15) is 4.31 Å². The Kier molecular flexibility index (Phi) is 4.94. The number of sulfonamides is 1. The van der Waals surface area contributed by atoms with Gasteiger partial charge in [-0.05, 0) is 53.3 Å². The second-order valence-corrected chi connectivity index (χ2v) is 9.09. The summed E-state index contributed by atoms with van der Waals surface area (Å²) < 4.78 is 28.3. The maximum atomic E-state index is 12.9. The van der Waals surface area contributed by atoms with Crippen LogP contribution in [0.5, 0.6) is 0 Å². The van der Waals surface area contributed by atoms with E-state index >= 15 is 0 Å². The van der Waals surface area contributed by atoms with Crippen molar-refractivity contribution in [2.45, 2.75) is 37.5 Å². The van der Waals surface area contributed by atoms with Gasteiger partial charge < -0.3 is 5.11 Å². The van der Waals surface area contributed by atoms with Gasteiger partial charge in [-0.15, -0.1) is 11.3 Å². The highest BCUT2D eigenvalue weighted by atomic mass is 32.2. The number of carboxylic acids is 1. The lowest BCUT2D eigenvalue weighted by Crippen LogP contribution is -2.38. The lowest BCUT2D eigenvalue weighted by Gasteiger charge is -2.30. The Hall–Kier alpha value is -1.44. The summed E-state index contributed by atoms with van der Waals surface area (Å²) in [6, 6.07) is 5.03. The summed E-state index contributed by atoms with van der Waals surface area (Å²) in [4.78, 5) is 11.2. The number of thiophene rings is 1. The van der Waals surface area contributed by atoms with E-state index in [0.717, 1.165) is 29.3 Å². The monoisotopic (exact) mass is 367 g/mol. The van der Waals surface area contributed by atoms with E-state index in [4.69, 9.17) is 5.11 Å². The van der Waals surface area contributed by atoms with Crippen LogP contribution in [0.1, 0.15) is 31.7 Å². The van der Waals surface area contributed by atoms with Gasteiger partial charge in [0.15, 0.2) is 0 Å². The summed E-state index contributed by atoms with van der Waals surface area (Å²) in [5, 5.41) is 11.5. The first-order chi connectivity index (χ1) is 11.4. The largest absolute Gasteiger partial charge is 0.481 e. The summed E-state index contributed by atoms with van der Waals surface area (Å²) in [5.41, 5.74) is 0.671. The zero-order chi connectivity index (χ0) is 17.3. The van der Waals surface area contributed by atoms with Crippen molar-refractivity contribution in [2.24, 2.45) is 5.92 Å². The van der Waals surface area contributed by atoms with Crippen LogP contribution in [0, 0.1) is 5.92 Å². The average molecular weight is 367 g/mol. The lowest BCUT2D eigenvalue weighted by molar-refractivity contribution is -0.136. The first-order valence-corrected chi connectivity index (χ1v) is 10.5. The van der Waals surface area contributed by atoms with E-state index in [0.29, 0.717) is 24.6 Å². The van der Waals surface area contributed by atoms with Crippen molar-refractivity contribution in [1.29, 1.82) is 0 Å². The van der Waals surface area contributed by atoms with Gasteiger partial charge in [-0.3, -0.25) is 4.79 Å². The van der Waals surface area contributed by atoms with E-state index in [1.165, 1.54) is 11.3 Å². The minimum absolute atomic E-state index is 0.0919. The van der Waals surface area contributed by atoms with Crippen LogP contribution >= 0.6 is 11.3 Å². The molecule has 0 aliphatic carbocycles. The smallest absolute Gasteiger partial charge is 0.307 e. The summed E-state index contributed by atoms with van der Waals surface area (Å²) in [5.74, 6) is -0.303. The van der Waals surface area contributed by atoms with E-state index in [1.54, 1.807) is 27.9 Å². The molecule has 1 saturated heterocycles. The number of aliphatic carboxylic acids is 1. The van der Waals surface area contributed by atoms with Gasteiger partial charge in [0.2, 0.25) is 10.0 Å². The number of hydrogen-bond acceptors (Lipinski definition) is 4. The number of nitrogens with zero attached hydrogens (tertiary/aromatic N) is 1. The Morgan fingerprint density at radius 3 is 2.67 bits per heavy atom. The van der Waals surface area contributed by atoms with Crippen LogP contribution in [-0.2, 0) is 21.2 Å². The van der Waals surface area contributed by atoms with Crippen molar-refractivity contribution >= 4 is 37.4 Å². The number of carboxylic acid groups (broad SMARTS) is 1. The quantitative estimate of drug-likeness (QED) is 0.879. The zero-order valence-electron chi connectivity index (χ0n) is 13.6. The van der Waals surface area contributed by atoms with Crippen molar-refractivity contribution in [3.05, 3.63) is 29.1 Å². The third kappa shape index (κ3) is 3.34. The first kappa shape index (κ1) is 17.4. The molecule has 0 atom stereocenters. The SMILES string of the molecule is CCC1CCN(S(=O)(=O)c2ccc3scc(CC(=O)O)c3c2)CC1. The topological polar surface area (TPSA) is 74.7 Å². The predicted molar refractivity (Wildman–Crippen MR) is 94.9 cm³/mol. The summed E-state index contributed by atoms with van der Waals surface area (Å²) in [7, 11) is -3.52. The third-order valence-electron chi connectivity index (χ3n) is 4.76. The summed E-state index contributed by atoms with van der Waals surface area (Å²) in [6.07, 6.45) is 2.81. The molecule has 0 saturated carbocycles. The Morgan fingerprint density at radius 1 is 1.33 bits per heavy atom. The summed E-state index contributed by atoms with van der Waals surface area (Å²) in [6.45, 7) is 3.26. The van der Waals surface area contributed by atoms with Crippen LogP contribution < -0.4 is 0 Å². The number of benzene rings is 1. The average Bonchev–Trinajstić information content (AvgIpc) is 2.96. The molecule has 2 heterocycles. The van der Waals surface area contributed by atoms with Crippen LogP contribution in [0.15, 0.2) is 28.5 Å². The molecular weight excluding hydrogens is 346 g/mol. The predicted octanol–water partition coefficient (Wildman–Crippen LogP) is 3.34. The maximum absolute atomic E-state index is 12.9. The molecule has 3 rings (SSSR count). The highest BCUT2D eigenvalue weighted by molar-refractivity contribution is 7.89. The molecule has 0 amide bonds. The number of hydrogen-bond donors (Lipinski definition) is 1. The van der Waals surface area contributed by atoms with Gasteiger partial charge in [0.1, 0.15) is 0 Å². The molecule has 7 heteroatoms. The number of fused-ring (bicyclic) bond motifs is 1. The fourth-order valence-corrected chi connectivity index (χ4v) is 5.67. The molecule has 2 aromatic rings. The molecule has 0 radical (unpaired) electrons. The fourth-order valence-electron chi connectivity index (χ4n) is 3.23. The number of piperidine rings is 1. The lowest BCUT2D eigenvalue weighted by atomic mass is 9.96. The maximum Gasteiger partial charge on any atom is 0.307 e. The summed E-state index contributed by atoms with van der Waals surface area (Å²) >= 11 is 1.44. The highest BCUT2D eigenvalue weighted by Crippen LogP contribution is 2.31. The second-order valence-electron chi connectivity index (χ2n) is 6.25. The van der Waals surface area contributed by atoms with Gasteiger partial charge in [-0.25, -0.2) is 8.42 Å². The highest BCUT2D eigenvalue weighted by Gasteiger charge is 2.29. The molecule has 0 bridgehead atoms. The van der Waals surface area contributed by atoms with Crippen molar-refractivity contribution < 1.29 is 18.3 Å². The fraction of sp³-hybridized carbons (Fsp3) is 0.471. The van der Waals surface area contributed by atoms with Crippen molar-refractivity contribution in [3.63, 3.8) is 0 Å². The molecule has 0 spiro atoms. The molecule has 1 aromatic carbocycles. The van der Waals surface area contributed by atoms with Gasteiger partial charge in [-0.1, -0.05) is 13.3 Å². The molecule has 1 N–H and O–H groups in total. The molecule has 0 unspecified atom stereocenters. The molecule has 1 fully saturated rings. The van der Waals surface area contributed by atoms with Crippen molar-refractivity contribution in [2.75, 3.05) is 13.1 Å². The Morgan fingerprint density at radius 2 is 2.04 bits per heavy atom. The van der Waals surface area contributed by atoms with Gasteiger partial charge in [0, 0.05) is 17.8 Å². The molecule has 130 valence electrons. The minimum Gasteiger partial charge on any atom is -0.481 e. The minimum atomic E-state index is -3.52. The van der Waals surface area contributed by atoms with E-state index in [1.807, 2.05) is 0 Å². The molecule has 1 aliphatic rings. The van der Waals surface area contributed by atoms with Gasteiger partial charge in [0.25, 0.3) is 0 Å². The molecule has 1 aromatic heterocycles. The van der Waals surface area contributed by atoms with Crippen LogP contribution in [-0.4, -0.2) is 36.9 Å². The molecule has 1 aliphatic heterocycles. The normalized spacial score (nSPS) is 17.4. The molecular formula is C17H21NO4S2. The number of rotatable bonds is 5. The Bertz CT molecular complexity index is 849. The number of carbonyl (C=O) groups is 1. The second kappa shape index (κ2) is 6.82. The van der Waals surface area contributed by atoms with E-state index in [2.05, 4.69) is 6.92 Å². The van der Waals surface area contributed by atoms with E-state index in [9.17, 15) is 13.2 Å². The standard InChI is InChI=1S/C17H21NO4S2/c1-2-12-5-7-18(8-6-12)24(21,22)14-3-4-16-15(10-14)13(11-23-16)9-17(19)20/h3-4,10-12H,2,5-9H2,1H3,(H,19,20). The van der Waals surface area contributed by atoms with Gasteiger partial charge >= 0.3 is 5.97 Å². The van der Waals surface area contributed by atoms with Gasteiger partial charge in [0.05, 0.1) is 11.3 Å². The van der Waals surface area contributed by atoms with Crippen molar-refractivity contribution in [3.8, 4) is 0 Å². The van der Waals surface area contributed by atoms with Crippen LogP contribution in [0.2, 0.25) is 0 Å². The Balaban J connectivity index is 1.92. The van der Waals surface area contributed by atoms with Crippen LogP contribution in [0.4, 0.5) is 0 Å². The van der Waals surface area contributed by atoms with E-state index in [-0.39, 0.29) is 11.3 Å².